The van der Waals surface area contributed by atoms with Gasteiger partial charge in [-0.15, -0.1) is 0 Å². The summed E-state index contributed by atoms with van der Waals surface area (Å²) in [4.78, 5) is 31.4. The summed E-state index contributed by atoms with van der Waals surface area (Å²) in [7, 11) is 0. The molecule has 2 aromatic heterocycles. The molecular weight excluding hydrogens is 378 g/mol. The van der Waals surface area contributed by atoms with Gasteiger partial charge in [0.15, 0.2) is 0 Å². The number of anilines is 2. The number of urea groups is 1. The third-order valence-electron chi connectivity index (χ3n) is 5.01. The Bertz CT molecular complexity index is 1260. The van der Waals surface area contributed by atoms with Crippen LogP contribution in [0.25, 0.3) is 22.2 Å². The fourth-order valence-electron chi connectivity index (χ4n) is 3.34. The van der Waals surface area contributed by atoms with Gasteiger partial charge in [0.05, 0.1) is 0 Å². The molecule has 7 nitrogen and oxygen atoms in total. The molecule has 150 valence electrons. The van der Waals surface area contributed by atoms with Crippen molar-refractivity contribution in [3.63, 3.8) is 0 Å². The lowest BCUT2D eigenvalue weighted by Crippen LogP contribution is -2.19. The van der Waals surface area contributed by atoms with Crippen molar-refractivity contribution < 1.29 is 9.59 Å². The Morgan fingerprint density at radius 1 is 0.933 bits per heavy atom. The van der Waals surface area contributed by atoms with E-state index < -0.39 is 5.91 Å². The predicted octanol–water partition coefficient (Wildman–Crippen LogP) is 4.59. The summed E-state index contributed by atoms with van der Waals surface area (Å²) in [5.74, 6) is -0.557. The Labute approximate surface area is 173 Å². The summed E-state index contributed by atoms with van der Waals surface area (Å²) in [5.41, 5.74) is 11.5. The molecule has 7 heteroatoms. The quantitative estimate of drug-likeness (QED) is 0.402. The van der Waals surface area contributed by atoms with Crippen molar-refractivity contribution in [2.75, 3.05) is 10.6 Å². The van der Waals surface area contributed by atoms with Crippen LogP contribution in [-0.2, 0) is 0 Å². The van der Waals surface area contributed by atoms with Crippen molar-refractivity contribution in [1.82, 2.24) is 9.97 Å². The average molecular weight is 399 g/mol. The zero-order valence-electron chi connectivity index (χ0n) is 16.6. The minimum Gasteiger partial charge on any atom is -0.364 e. The Balaban J connectivity index is 1.55. The molecule has 0 atom stereocenters. The normalized spacial score (nSPS) is 10.7. The first kappa shape index (κ1) is 19.2. The van der Waals surface area contributed by atoms with Crippen LogP contribution in [0.3, 0.4) is 0 Å². The predicted molar refractivity (Wildman–Crippen MR) is 119 cm³/mol. The molecule has 0 saturated heterocycles. The summed E-state index contributed by atoms with van der Waals surface area (Å²) in [6.45, 7) is 4.02. The van der Waals surface area contributed by atoms with Gasteiger partial charge in [-0.25, -0.2) is 9.78 Å². The Morgan fingerprint density at radius 2 is 1.63 bits per heavy atom. The van der Waals surface area contributed by atoms with Crippen LogP contribution in [0.1, 0.15) is 21.6 Å². The van der Waals surface area contributed by atoms with E-state index in [-0.39, 0.29) is 6.03 Å². The van der Waals surface area contributed by atoms with Crippen molar-refractivity contribution in [3.05, 3.63) is 77.6 Å². The third kappa shape index (κ3) is 3.73. The number of hydrogen-bond donors (Lipinski definition) is 4. The van der Waals surface area contributed by atoms with Gasteiger partial charge in [0.25, 0.3) is 5.91 Å². The van der Waals surface area contributed by atoms with Gasteiger partial charge in [-0.3, -0.25) is 4.79 Å². The molecule has 4 rings (SSSR count). The number of nitrogens with one attached hydrogen (secondary N) is 3. The largest absolute Gasteiger partial charge is 0.364 e. The van der Waals surface area contributed by atoms with Crippen LogP contribution in [0, 0.1) is 13.8 Å². The number of carbonyl (C=O) groups is 2. The molecule has 0 radical (unpaired) electrons. The number of benzene rings is 2. The minimum absolute atomic E-state index is 0.303. The van der Waals surface area contributed by atoms with Crippen LogP contribution in [-0.4, -0.2) is 21.9 Å². The van der Waals surface area contributed by atoms with Crippen molar-refractivity contribution >= 4 is 34.3 Å². The maximum atomic E-state index is 12.3. The van der Waals surface area contributed by atoms with Crippen molar-refractivity contribution in [2.45, 2.75) is 13.8 Å². The van der Waals surface area contributed by atoms with Gasteiger partial charge in [-0.2, -0.15) is 0 Å². The lowest BCUT2D eigenvalue weighted by molar-refractivity contribution is 0.0997. The molecule has 0 aliphatic heterocycles. The first-order valence-corrected chi connectivity index (χ1v) is 9.44. The summed E-state index contributed by atoms with van der Waals surface area (Å²) >= 11 is 0. The number of carbonyl (C=O) groups excluding carboxylic acids is 2. The number of primary amides is 1. The number of rotatable bonds is 4. The van der Waals surface area contributed by atoms with Crippen molar-refractivity contribution in [2.24, 2.45) is 5.73 Å². The van der Waals surface area contributed by atoms with Crippen LogP contribution in [0.4, 0.5) is 16.2 Å². The molecule has 4 aromatic rings. The number of hydrogen-bond acceptors (Lipinski definition) is 3. The molecule has 0 fully saturated rings. The molecule has 0 unspecified atom stereocenters. The van der Waals surface area contributed by atoms with Gasteiger partial charge < -0.3 is 21.4 Å². The van der Waals surface area contributed by atoms with E-state index in [0.717, 1.165) is 22.2 Å². The number of nitrogens with two attached hydrogens (primary N) is 1. The van der Waals surface area contributed by atoms with E-state index in [1.165, 1.54) is 5.56 Å². The molecule has 0 bridgehead atoms. The fourth-order valence-corrected chi connectivity index (χ4v) is 3.34. The van der Waals surface area contributed by atoms with E-state index in [4.69, 9.17) is 5.73 Å². The number of aromatic nitrogens is 2. The minimum atomic E-state index is -0.557. The molecule has 0 spiro atoms. The first-order valence-electron chi connectivity index (χ1n) is 9.44. The number of fused-ring (bicyclic) bond motifs is 1. The number of H-pyrrole nitrogens is 1. The number of aryl methyl sites for hydroxylation is 2. The maximum Gasteiger partial charge on any atom is 0.323 e. The van der Waals surface area contributed by atoms with Crippen molar-refractivity contribution in [3.8, 4) is 11.1 Å². The highest BCUT2D eigenvalue weighted by molar-refractivity contribution is 6.08. The molecule has 3 amide bonds. The van der Waals surface area contributed by atoms with Crippen molar-refractivity contribution in [1.29, 1.82) is 0 Å². The Kier molecular flexibility index (Phi) is 4.93. The Morgan fingerprint density at radius 3 is 2.33 bits per heavy atom. The smallest absolute Gasteiger partial charge is 0.323 e. The molecule has 5 N–H and O–H groups in total. The monoisotopic (exact) mass is 399 g/mol. The molecule has 2 heterocycles. The van der Waals surface area contributed by atoms with Gasteiger partial charge in [-0.1, -0.05) is 18.2 Å². The summed E-state index contributed by atoms with van der Waals surface area (Å²) in [6, 6.07) is 16.3. The lowest BCUT2D eigenvalue weighted by atomic mass is 10.0. The molecular formula is C23H21N5O2. The zero-order valence-corrected chi connectivity index (χ0v) is 16.6. The van der Waals surface area contributed by atoms with Gasteiger partial charge >= 0.3 is 6.03 Å². The van der Waals surface area contributed by atoms with Gasteiger partial charge in [0.1, 0.15) is 11.3 Å². The van der Waals surface area contributed by atoms with E-state index in [9.17, 15) is 9.59 Å². The van der Waals surface area contributed by atoms with E-state index in [1.54, 1.807) is 24.4 Å². The number of pyridine rings is 1. The van der Waals surface area contributed by atoms with Crippen LogP contribution in [0.2, 0.25) is 0 Å². The molecule has 30 heavy (non-hydrogen) atoms. The highest BCUT2D eigenvalue weighted by atomic mass is 16.2. The third-order valence-corrected chi connectivity index (χ3v) is 5.01. The van der Waals surface area contributed by atoms with Crippen LogP contribution < -0.4 is 16.4 Å². The van der Waals surface area contributed by atoms with Gasteiger partial charge in [-0.05, 0) is 66.9 Å². The van der Waals surface area contributed by atoms with E-state index in [2.05, 4.69) is 20.6 Å². The summed E-state index contributed by atoms with van der Waals surface area (Å²) in [6.07, 6.45) is 1.65. The molecule has 0 aliphatic rings. The fraction of sp³-hybridized carbons (Fsp3) is 0.0870. The van der Waals surface area contributed by atoms with Crippen LogP contribution in [0.15, 0.2) is 60.8 Å². The first-order chi connectivity index (χ1) is 14.4. The number of nitrogens with zero attached hydrogens (tertiary/aromatic N) is 1. The van der Waals surface area contributed by atoms with E-state index in [0.29, 0.717) is 22.6 Å². The second-order valence-corrected chi connectivity index (χ2v) is 7.09. The lowest BCUT2D eigenvalue weighted by Gasteiger charge is -2.10. The van der Waals surface area contributed by atoms with Gasteiger partial charge in [0.2, 0.25) is 0 Å². The van der Waals surface area contributed by atoms with Gasteiger partial charge in [0, 0.05) is 28.5 Å². The molecule has 2 aromatic carbocycles. The second-order valence-electron chi connectivity index (χ2n) is 7.09. The van der Waals surface area contributed by atoms with Crippen LogP contribution in [0.5, 0.6) is 0 Å². The number of aromatic amines is 1. The Hall–Kier alpha value is -4.13. The van der Waals surface area contributed by atoms with E-state index in [1.807, 2.05) is 50.2 Å². The molecule has 0 aliphatic carbocycles. The SMILES string of the molecule is Cc1ccc(NC(=O)Nc2ccc(-c3c(C(N)=O)[nH]c4ncccc34)cc2)cc1C. The summed E-state index contributed by atoms with van der Waals surface area (Å²) < 4.78 is 0. The van der Waals surface area contributed by atoms with Crippen LogP contribution >= 0.6 is 0 Å². The second kappa shape index (κ2) is 7.71. The number of amides is 3. The molecule has 0 saturated carbocycles. The highest BCUT2D eigenvalue weighted by Gasteiger charge is 2.17. The van der Waals surface area contributed by atoms with E-state index >= 15 is 0 Å². The highest BCUT2D eigenvalue weighted by Crippen LogP contribution is 2.32. The topological polar surface area (TPSA) is 113 Å². The zero-order chi connectivity index (χ0) is 21.3. The summed E-state index contributed by atoms with van der Waals surface area (Å²) in [5, 5.41) is 6.44. The average Bonchev–Trinajstić information content (AvgIpc) is 3.11. The maximum absolute atomic E-state index is 12.3. The standard InChI is InChI=1S/C23H21N5O2/c1-13-5-8-17(12-14(13)2)27-23(30)26-16-9-6-15(7-10-16)19-18-4-3-11-25-22(18)28-20(19)21(24)29/h3-12H,1-2H3,(H2,24,29)(H,25,28)(H2,26,27,30).